The number of rotatable bonds is 7. The van der Waals surface area contributed by atoms with E-state index in [1.165, 1.54) is 46.6 Å². The van der Waals surface area contributed by atoms with Crippen molar-refractivity contribution in [1.29, 1.82) is 0 Å². The SMILES string of the molecule is O=C(/C=C/c1ccc(CNCCc2cccc3cc4n(c23)CCC4)cc1)NO. The summed E-state index contributed by atoms with van der Waals surface area (Å²) in [5.74, 6) is -0.533. The maximum Gasteiger partial charge on any atom is 0.267 e. The van der Waals surface area contributed by atoms with Gasteiger partial charge in [-0.15, -0.1) is 0 Å². The van der Waals surface area contributed by atoms with Crippen molar-refractivity contribution in [2.45, 2.75) is 32.4 Å². The number of aromatic nitrogens is 1. The number of para-hydroxylation sites is 1. The fourth-order valence-corrected chi connectivity index (χ4v) is 3.95. The maximum atomic E-state index is 11.0. The van der Waals surface area contributed by atoms with Crippen molar-refractivity contribution < 1.29 is 10.0 Å². The van der Waals surface area contributed by atoms with Gasteiger partial charge in [-0.1, -0.05) is 42.5 Å². The second-order valence-electron chi connectivity index (χ2n) is 7.22. The monoisotopic (exact) mass is 375 g/mol. The van der Waals surface area contributed by atoms with E-state index >= 15 is 0 Å². The molecule has 1 aliphatic heterocycles. The van der Waals surface area contributed by atoms with Crippen molar-refractivity contribution in [3.8, 4) is 0 Å². The van der Waals surface area contributed by atoms with Crippen LogP contribution in [0.5, 0.6) is 0 Å². The van der Waals surface area contributed by atoms with Gasteiger partial charge in [0.2, 0.25) is 0 Å². The highest BCUT2D eigenvalue weighted by molar-refractivity contribution is 5.90. The summed E-state index contributed by atoms with van der Waals surface area (Å²) in [6.45, 7) is 2.88. The zero-order valence-corrected chi connectivity index (χ0v) is 15.8. The van der Waals surface area contributed by atoms with Crippen LogP contribution in [-0.2, 0) is 30.7 Å². The molecule has 0 aliphatic carbocycles. The van der Waals surface area contributed by atoms with Crippen LogP contribution in [0.15, 0.2) is 54.6 Å². The number of amides is 1. The molecule has 0 saturated carbocycles. The fraction of sp³-hybridized carbons (Fsp3) is 0.261. The Morgan fingerprint density at radius 2 is 2.04 bits per heavy atom. The predicted octanol–water partition coefficient (Wildman–Crippen LogP) is 3.44. The van der Waals surface area contributed by atoms with Crippen LogP contribution in [0.2, 0.25) is 0 Å². The summed E-state index contributed by atoms with van der Waals surface area (Å²) in [4.78, 5) is 11.0. The Hall–Kier alpha value is -2.89. The normalized spacial score (nSPS) is 13.3. The third-order valence-corrected chi connectivity index (χ3v) is 5.32. The molecule has 3 aromatic rings. The van der Waals surface area contributed by atoms with Crippen molar-refractivity contribution in [1.82, 2.24) is 15.4 Å². The first-order valence-electron chi connectivity index (χ1n) is 9.76. The second-order valence-corrected chi connectivity index (χ2v) is 7.22. The first-order chi connectivity index (χ1) is 13.7. The van der Waals surface area contributed by atoms with Gasteiger partial charge in [-0.25, -0.2) is 5.48 Å². The Balaban J connectivity index is 1.32. The van der Waals surface area contributed by atoms with Crippen molar-refractivity contribution in [2.24, 2.45) is 0 Å². The van der Waals surface area contributed by atoms with Crippen LogP contribution in [0.3, 0.4) is 0 Å². The molecule has 5 nitrogen and oxygen atoms in total. The number of hydrogen-bond donors (Lipinski definition) is 3. The molecule has 144 valence electrons. The Morgan fingerprint density at radius 3 is 2.86 bits per heavy atom. The molecular formula is C23H25N3O2. The van der Waals surface area contributed by atoms with Gasteiger partial charge in [0.15, 0.2) is 0 Å². The van der Waals surface area contributed by atoms with Gasteiger partial charge in [0.25, 0.3) is 5.91 Å². The van der Waals surface area contributed by atoms with E-state index in [2.05, 4.69) is 34.1 Å². The molecular weight excluding hydrogens is 350 g/mol. The summed E-state index contributed by atoms with van der Waals surface area (Å²) in [5, 5.41) is 13.4. The molecule has 0 saturated heterocycles. The molecule has 3 N–H and O–H groups in total. The van der Waals surface area contributed by atoms with Gasteiger partial charge in [-0.2, -0.15) is 0 Å². The average molecular weight is 375 g/mol. The van der Waals surface area contributed by atoms with Crippen molar-refractivity contribution in [3.05, 3.63) is 77.0 Å². The molecule has 2 aromatic carbocycles. The van der Waals surface area contributed by atoms with Crippen LogP contribution in [0.4, 0.5) is 0 Å². The van der Waals surface area contributed by atoms with Crippen LogP contribution >= 0.6 is 0 Å². The highest BCUT2D eigenvalue weighted by Gasteiger charge is 2.16. The Bertz CT molecular complexity index is 1000. The van der Waals surface area contributed by atoms with Crippen LogP contribution < -0.4 is 10.8 Å². The number of hydrogen-bond acceptors (Lipinski definition) is 3. The number of benzene rings is 2. The number of carbonyl (C=O) groups is 1. The van der Waals surface area contributed by atoms with Gasteiger partial charge < -0.3 is 9.88 Å². The van der Waals surface area contributed by atoms with E-state index in [-0.39, 0.29) is 0 Å². The smallest absolute Gasteiger partial charge is 0.267 e. The van der Waals surface area contributed by atoms with Gasteiger partial charge in [-0.05, 0) is 54.6 Å². The minimum atomic E-state index is -0.533. The van der Waals surface area contributed by atoms with Crippen LogP contribution in [-0.4, -0.2) is 22.2 Å². The summed E-state index contributed by atoms with van der Waals surface area (Å²) in [6, 6.07) is 17.0. The predicted molar refractivity (Wildman–Crippen MR) is 111 cm³/mol. The summed E-state index contributed by atoms with van der Waals surface area (Å²) >= 11 is 0. The fourth-order valence-electron chi connectivity index (χ4n) is 3.95. The summed E-state index contributed by atoms with van der Waals surface area (Å²) in [6.07, 6.45) is 6.43. The lowest BCUT2D eigenvalue weighted by atomic mass is 10.1. The Kier molecular flexibility index (Phi) is 5.55. The third-order valence-electron chi connectivity index (χ3n) is 5.32. The number of carbonyl (C=O) groups excluding carboxylic acids is 1. The van der Waals surface area contributed by atoms with Gasteiger partial charge in [0.1, 0.15) is 0 Å². The van der Waals surface area contributed by atoms with E-state index in [9.17, 15) is 4.79 Å². The molecule has 1 aliphatic rings. The van der Waals surface area contributed by atoms with Crippen LogP contribution in [0, 0.1) is 0 Å². The number of aryl methyl sites for hydroxylation is 2. The highest BCUT2D eigenvalue weighted by atomic mass is 16.5. The van der Waals surface area contributed by atoms with Crippen LogP contribution in [0.25, 0.3) is 17.0 Å². The summed E-state index contributed by atoms with van der Waals surface area (Å²) < 4.78 is 2.49. The molecule has 0 unspecified atom stereocenters. The molecule has 0 atom stereocenters. The number of hydroxylamine groups is 1. The van der Waals surface area contributed by atoms with Gasteiger partial charge in [-0.3, -0.25) is 10.0 Å². The quantitative estimate of drug-likeness (QED) is 0.256. The number of nitrogens with one attached hydrogen (secondary N) is 2. The first kappa shape index (κ1) is 18.5. The molecule has 5 heteroatoms. The maximum absolute atomic E-state index is 11.0. The van der Waals surface area contributed by atoms with Crippen LogP contribution in [0.1, 0.15) is 28.8 Å². The molecule has 1 amide bonds. The molecule has 0 radical (unpaired) electrons. The van der Waals surface area contributed by atoms with E-state index in [0.717, 1.165) is 31.6 Å². The largest absolute Gasteiger partial charge is 0.344 e. The molecule has 0 fully saturated rings. The molecule has 2 heterocycles. The van der Waals surface area contributed by atoms with Crippen molar-refractivity contribution in [3.63, 3.8) is 0 Å². The highest BCUT2D eigenvalue weighted by Crippen LogP contribution is 2.28. The summed E-state index contributed by atoms with van der Waals surface area (Å²) in [5.41, 5.74) is 8.00. The molecule has 0 spiro atoms. The van der Waals surface area contributed by atoms with Crippen molar-refractivity contribution in [2.75, 3.05) is 6.54 Å². The number of fused-ring (bicyclic) bond motifs is 3. The molecule has 1 aromatic heterocycles. The summed E-state index contributed by atoms with van der Waals surface area (Å²) in [7, 11) is 0. The Labute approximate surface area is 164 Å². The standard InChI is InChI=1S/C23H25N3O2/c27-22(25-28)11-10-17-6-8-18(9-7-17)16-24-13-12-19-3-1-4-20-15-21-5-2-14-26(21)23(19)20/h1,3-4,6-11,15,24,28H,2,5,12-14,16H2,(H,25,27)/b11-10+. The zero-order valence-electron chi connectivity index (χ0n) is 15.8. The zero-order chi connectivity index (χ0) is 19.3. The molecule has 0 bridgehead atoms. The lowest BCUT2D eigenvalue weighted by Gasteiger charge is -2.09. The topological polar surface area (TPSA) is 66.3 Å². The third kappa shape index (κ3) is 4.01. The van der Waals surface area contributed by atoms with Gasteiger partial charge in [0.05, 0.1) is 5.52 Å². The van der Waals surface area contributed by atoms with E-state index in [1.54, 1.807) is 11.6 Å². The number of nitrogens with zero attached hydrogens (tertiary/aromatic N) is 1. The minimum absolute atomic E-state index is 0.533. The minimum Gasteiger partial charge on any atom is -0.344 e. The van der Waals surface area contributed by atoms with E-state index < -0.39 is 5.91 Å². The lowest BCUT2D eigenvalue weighted by Crippen LogP contribution is -2.17. The second kappa shape index (κ2) is 8.42. The van der Waals surface area contributed by atoms with Gasteiger partial charge >= 0.3 is 0 Å². The van der Waals surface area contributed by atoms with E-state index in [0.29, 0.717) is 0 Å². The lowest BCUT2D eigenvalue weighted by molar-refractivity contribution is -0.124. The van der Waals surface area contributed by atoms with Gasteiger partial charge in [0, 0.05) is 30.2 Å². The molecule has 4 rings (SSSR count). The molecule has 28 heavy (non-hydrogen) atoms. The Morgan fingerprint density at radius 1 is 1.18 bits per heavy atom. The van der Waals surface area contributed by atoms with E-state index in [4.69, 9.17) is 5.21 Å². The van der Waals surface area contributed by atoms with E-state index in [1.807, 2.05) is 24.3 Å². The average Bonchev–Trinajstić information content (AvgIpc) is 3.31. The van der Waals surface area contributed by atoms with Crippen molar-refractivity contribution >= 4 is 22.9 Å². The first-order valence-corrected chi connectivity index (χ1v) is 9.76.